The fourth-order valence-electron chi connectivity index (χ4n) is 2.11. The van der Waals surface area contributed by atoms with Gasteiger partial charge in [-0.3, -0.25) is 0 Å². The lowest BCUT2D eigenvalue weighted by Crippen LogP contribution is -2.11. The SMILES string of the molecule is C=CCCc1nnc(CCC(C)CC)n1C(C)C. The molecule has 1 rings (SSSR count). The minimum atomic E-state index is 0.437. The molecule has 0 aliphatic carbocycles. The molecule has 3 nitrogen and oxygen atoms in total. The Balaban J connectivity index is 2.77. The van der Waals surface area contributed by atoms with Crippen molar-refractivity contribution < 1.29 is 0 Å². The highest BCUT2D eigenvalue weighted by Crippen LogP contribution is 2.17. The summed E-state index contributed by atoms with van der Waals surface area (Å²) in [5.74, 6) is 3.01. The van der Waals surface area contributed by atoms with Crippen molar-refractivity contribution in [2.45, 2.75) is 65.8 Å². The molecule has 0 fully saturated rings. The predicted molar refractivity (Wildman–Crippen MR) is 76.7 cm³/mol. The van der Waals surface area contributed by atoms with Crippen LogP contribution in [-0.2, 0) is 12.8 Å². The largest absolute Gasteiger partial charge is 0.312 e. The second kappa shape index (κ2) is 7.34. The van der Waals surface area contributed by atoms with Gasteiger partial charge in [0, 0.05) is 18.9 Å². The Labute approximate surface area is 111 Å². The highest BCUT2D eigenvalue weighted by Gasteiger charge is 2.14. The molecular formula is C15H27N3. The van der Waals surface area contributed by atoms with E-state index in [1.807, 2.05) is 6.08 Å². The first-order valence-electron chi connectivity index (χ1n) is 7.13. The van der Waals surface area contributed by atoms with Crippen LogP contribution in [-0.4, -0.2) is 14.8 Å². The van der Waals surface area contributed by atoms with Crippen LogP contribution in [0, 0.1) is 5.92 Å². The number of aryl methyl sites for hydroxylation is 2. The van der Waals surface area contributed by atoms with Gasteiger partial charge in [-0.1, -0.05) is 26.3 Å². The van der Waals surface area contributed by atoms with E-state index >= 15 is 0 Å². The predicted octanol–water partition coefficient (Wildman–Crippen LogP) is 3.96. The van der Waals surface area contributed by atoms with E-state index in [4.69, 9.17) is 0 Å². The highest BCUT2D eigenvalue weighted by atomic mass is 15.3. The topological polar surface area (TPSA) is 30.7 Å². The van der Waals surface area contributed by atoms with Crippen molar-refractivity contribution in [3.05, 3.63) is 24.3 Å². The quantitative estimate of drug-likeness (QED) is 0.653. The van der Waals surface area contributed by atoms with E-state index in [1.54, 1.807) is 0 Å². The van der Waals surface area contributed by atoms with Crippen LogP contribution in [0.2, 0.25) is 0 Å². The molecule has 1 heterocycles. The summed E-state index contributed by atoms with van der Waals surface area (Å²) >= 11 is 0. The first-order valence-corrected chi connectivity index (χ1v) is 7.13. The Kier molecular flexibility index (Phi) is 6.10. The van der Waals surface area contributed by atoms with Crippen molar-refractivity contribution in [3.8, 4) is 0 Å². The molecule has 0 spiro atoms. The summed E-state index contributed by atoms with van der Waals surface area (Å²) in [5, 5.41) is 8.72. The third-order valence-electron chi connectivity index (χ3n) is 3.48. The normalized spacial score (nSPS) is 12.9. The van der Waals surface area contributed by atoms with Gasteiger partial charge in [0.05, 0.1) is 0 Å². The highest BCUT2D eigenvalue weighted by molar-refractivity contribution is 4.99. The molecule has 0 amide bonds. The maximum Gasteiger partial charge on any atom is 0.133 e. The van der Waals surface area contributed by atoms with Gasteiger partial charge in [-0.05, 0) is 32.6 Å². The molecule has 0 bridgehead atoms. The molecular weight excluding hydrogens is 222 g/mol. The molecule has 0 aliphatic rings. The Hall–Kier alpha value is -1.12. The van der Waals surface area contributed by atoms with E-state index in [0.29, 0.717) is 6.04 Å². The van der Waals surface area contributed by atoms with Gasteiger partial charge < -0.3 is 4.57 Å². The van der Waals surface area contributed by atoms with E-state index in [-0.39, 0.29) is 0 Å². The van der Waals surface area contributed by atoms with E-state index in [9.17, 15) is 0 Å². The van der Waals surface area contributed by atoms with Gasteiger partial charge in [-0.25, -0.2) is 0 Å². The molecule has 0 saturated heterocycles. The summed E-state index contributed by atoms with van der Waals surface area (Å²) in [5.41, 5.74) is 0. The average Bonchev–Trinajstić information content (AvgIpc) is 2.76. The number of aromatic nitrogens is 3. The number of allylic oxidation sites excluding steroid dienone is 1. The molecule has 1 aromatic rings. The maximum absolute atomic E-state index is 4.38. The number of hydrogen-bond donors (Lipinski definition) is 0. The van der Waals surface area contributed by atoms with Gasteiger partial charge in [0.1, 0.15) is 11.6 Å². The molecule has 0 saturated carbocycles. The van der Waals surface area contributed by atoms with E-state index in [1.165, 1.54) is 12.8 Å². The fourth-order valence-corrected chi connectivity index (χ4v) is 2.11. The van der Waals surface area contributed by atoms with Crippen molar-refractivity contribution in [1.82, 2.24) is 14.8 Å². The maximum atomic E-state index is 4.38. The second-order valence-electron chi connectivity index (χ2n) is 5.38. The Bertz CT molecular complexity index is 366. The first-order chi connectivity index (χ1) is 8.60. The van der Waals surface area contributed by atoms with Crippen LogP contribution in [0.5, 0.6) is 0 Å². The molecule has 1 unspecified atom stereocenters. The molecule has 0 aliphatic heterocycles. The van der Waals surface area contributed by atoms with Gasteiger partial charge >= 0.3 is 0 Å². The summed E-state index contributed by atoms with van der Waals surface area (Å²) < 4.78 is 2.30. The zero-order valence-corrected chi connectivity index (χ0v) is 12.3. The van der Waals surface area contributed by atoms with Crippen LogP contribution in [0.4, 0.5) is 0 Å². The molecule has 0 radical (unpaired) electrons. The van der Waals surface area contributed by atoms with Crippen molar-refractivity contribution in [2.75, 3.05) is 0 Å². The summed E-state index contributed by atoms with van der Waals surface area (Å²) in [6.07, 6.45) is 7.32. The van der Waals surface area contributed by atoms with Crippen molar-refractivity contribution in [1.29, 1.82) is 0 Å². The van der Waals surface area contributed by atoms with Crippen LogP contribution in [0.25, 0.3) is 0 Å². The van der Waals surface area contributed by atoms with Gasteiger partial charge in [-0.2, -0.15) is 0 Å². The molecule has 1 aromatic heterocycles. The van der Waals surface area contributed by atoms with E-state index < -0.39 is 0 Å². The smallest absolute Gasteiger partial charge is 0.133 e. The lowest BCUT2D eigenvalue weighted by molar-refractivity contribution is 0.482. The molecule has 3 heteroatoms. The zero-order valence-electron chi connectivity index (χ0n) is 12.3. The van der Waals surface area contributed by atoms with Gasteiger partial charge in [0.25, 0.3) is 0 Å². The number of hydrogen-bond acceptors (Lipinski definition) is 2. The monoisotopic (exact) mass is 249 g/mol. The van der Waals surface area contributed by atoms with Gasteiger partial charge in [-0.15, -0.1) is 16.8 Å². The minimum Gasteiger partial charge on any atom is -0.312 e. The number of rotatable bonds is 8. The van der Waals surface area contributed by atoms with Crippen LogP contribution in [0.1, 0.15) is 64.6 Å². The van der Waals surface area contributed by atoms with Crippen molar-refractivity contribution >= 4 is 0 Å². The third-order valence-corrected chi connectivity index (χ3v) is 3.48. The van der Waals surface area contributed by atoms with E-state index in [0.717, 1.165) is 36.8 Å². The third kappa shape index (κ3) is 3.97. The lowest BCUT2D eigenvalue weighted by atomic mass is 10.0. The molecule has 102 valence electrons. The Morgan fingerprint density at radius 2 is 1.78 bits per heavy atom. The number of nitrogens with zero attached hydrogens (tertiary/aromatic N) is 3. The van der Waals surface area contributed by atoms with E-state index in [2.05, 4.69) is 49.0 Å². The standard InChI is InChI=1S/C15H27N3/c1-6-8-9-14-16-17-15(18(14)12(3)4)11-10-13(5)7-2/h6,12-13H,1,7-11H2,2-5H3. The Morgan fingerprint density at radius 1 is 1.17 bits per heavy atom. The van der Waals surface area contributed by atoms with Gasteiger partial charge in [0.15, 0.2) is 0 Å². The average molecular weight is 249 g/mol. The van der Waals surface area contributed by atoms with Crippen LogP contribution in [0.15, 0.2) is 12.7 Å². The molecule has 1 atom stereocenters. The summed E-state index contributed by atoms with van der Waals surface area (Å²) in [6, 6.07) is 0.437. The van der Waals surface area contributed by atoms with Crippen LogP contribution < -0.4 is 0 Å². The summed E-state index contributed by atoms with van der Waals surface area (Å²) in [4.78, 5) is 0. The molecule has 18 heavy (non-hydrogen) atoms. The summed E-state index contributed by atoms with van der Waals surface area (Å²) in [7, 11) is 0. The zero-order chi connectivity index (χ0) is 13.5. The minimum absolute atomic E-state index is 0.437. The van der Waals surface area contributed by atoms with Crippen molar-refractivity contribution in [3.63, 3.8) is 0 Å². The fraction of sp³-hybridized carbons (Fsp3) is 0.733. The van der Waals surface area contributed by atoms with Crippen molar-refractivity contribution in [2.24, 2.45) is 5.92 Å². The molecule has 0 N–H and O–H groups in total. The molecule has 0 aromatic carbocycles. The van der Waals surface area contributed by atoms with Crippen LogP contribution >= 0.6 is 0 Å². The lowest BCUT2D eigenvalue weighted by Gasteiger charge is -2.15. The van der Waals surface area contributed by atoms with Crippen LogP contribution in [0.3, 0.4) is 0 Å². The van der Waals surface area contributed by atoms with Gasteiger partial charge in [0.2, 0.25) is 0 Å². The first kappa shape index (κ1) is 14.9. The Morgan fingerprint density at radius 3 is 2.28 bits per heavy atom. The second-order valence-corrected chi connectivity index (χ2v) is 5.38. The summed E-state index contributed by atoms with van der Waals surface area (Å²) in [6.45, 7) is 12.7.